The number of amides is 1. The Kier molecular flexibility index (Phi) is 3.07. The molecule has 1 aliphatic heterocycles. The van der Waals surface area contributed by atoms with E-state index in [9.17, 15) is 4.79 Å². The maximum Gasteiger partial charge on any atom is 0.290 e. The van der Waals surface area contributed by atoms with Crippen LogP contribution in [0.5, 0.6) is 0 Å². The number of piperazine rings is 1. The predicted molar refractivity (Wildman–Crippen MR) is 60.4 cm³/mol. The van der Waals surface area contributed by atoms with Crippen molar-refractivity contribution in [2.45, 2.75) is 4.05 Å². The molecule has 1 aliphatic rings. The number of rotatable bonds is 1. The van der Waals surface area contributed by atoms with Crippen LogP contribution in [-0.2, 0) is 0 Å². The van der Waals surface area contributed by atoms with Crippen LogP contribution in [0.4, 0.5) is 0 Å². The quantitative estimate of drug-likeness (QED) is 0.480. The van der Waals surface area contributed by atoms with Gasteiger partial charge in [0.15, 0.2) is 5.76 Å². The highest BCUT2D eigenvalue weighted by Crippen LogP contribution is 2.14. The first-order chi connectivity index (χ1) is 6.79. The maximum absolute atomic E-state index is 11.9. The molecule has 76 valence electrons. The van der Waals surface area contributed by atoms with Crippen LogP contribution in [0.2, 0.25) is 0 Å². The molecule has 0 saturated carbocycles. The highest BCUT2D eigenvalue weighted by Gasteiger charge is 2.26. The first-order valence-corrected chi connectivity index (χ1v) is 5.73. The van der Waals surface area contributed by atoms with E-state index in [1.807, 2.05) is 4.90 Å². The minimum Gasteiger partial charge on any atom is -0.459 e. The Labute approximate surface area is 95.8 Å². The van der Waals surface area contributed by atoms with Crippen molar-refractivity contribution in [2.75, 3.05) is 19.6 Å². The molecular weight excluding hydrogens is 295 g/mol. The lowest BCUT2D eigenvalue weighted by atomic mass is 10.3. The molecule has 1 saturated heterocycles. The summed E-state index contributed by atoms with van der Waals surface area (Å²) in [6, 6.07) is 3.44. The molecule has 1 N–H and O–H groups in total. The Balaban J connectivity index is 2.10. The number of nitrogens with zero attached hydrogens (tertiary/aromatic N) is 1. The lowest BCUT2D eigenvalue weighted by molar-refractivity contribution is 0.0691. The Morgan fingerprint density at radius 1 is 1.71 bits per heavy atom. The van der Waals surface area contributed by atoms with Crippen molar-refractivity contribution in [1.82, 2.24) is 10.2 Å². The van der Waals surface area contributed by atoms with Crippen molar-refractivity contribution < 1.29 is 9.21 Å². The van der Waals surface area contributed by atoms with Gasteiger partial charge < -0.3 is 14.6 Å². The SMILES string of the molecule is O=C(c1ccco1)N1CCNCC1I. The average Bonchev–Trinajstić information content (AvgIpc) is 2.70. The standard InChI is InChI=1S/C9H11IN2O2/c10-8-6-11-3-4-12(8)9(13)7-2-1-5-14-7/h1-2,5,8,11H,3-4,6H2. The number of carbonyl (C=O) groups is 1. The monoisotopic (exact) mass is 306 g/mol. The van der Waals surface area contributed by atoms with Crippen molar-refractivity contribution in [3.05, 3.63) is 24.2 Å². The molecule has 1 aromatic heterocycles. The van der Waals surface area contributed by atoms with Crippen LogP contribution >= 0.6 is 22.6 Å². The molecule has 0 aliphatic carbocycles. The lowest BCUT2D eigenvalue weighted by Gasteiger charge is -2.31. The molecule has 0 bridgehead atoms. The second kappa shape index (κ2) is 4.31. The zero-order chi connectivity index (χ0) is 9.97. The molecule has 4 nitrogen and oxygen atoms in total. The van der Waals surface area contributed by atoms with E-state index < -0.39 is 0 Å². The summed E-state index contributed by atoms with van der Waals surface area (Å²) in [7, 11) is 0. The minimum atomic E-state index is -0.0177. The number of nitrogens with one attached hydrogen (secondary N) is 1. The second-order valence-electron chi connectivity index (χ2n) is 3.11. The van der Waals surface area contributed by atoms with Gasteiger partial charge in [-0.3, -0.25) is 4.79 Å². The summed E-state index contributed by atoms with van der Waals surface area (Å²) in [5, 5.41) is 3.23. The van der Waals surface area contributed by atoms with E-state index in [0.29, 0.717) is 5.76 Å². The molecule has 1 aromatic rings. The molecular formula is C9H11IN2O2. The van der Waals surface area contributed by atoms with Gasteiger partial charge in [0.1, 0.15) is 0 Å². The second-order valence-corrected chi connectivity index (χ2v) is 4.55. The van der Waals surface area contributed by atoms with Gasteiger partial charge >= 0.3 is 0 Å². The Bertz CT molecular complexity index is 313. The number of hydrogen-bond acceptors (Lipinski definition) is 3. The minimum absolute atomic E-state index is 0.0177. The van der Waals surface area contributed by atoms with Gasteiger partial charge in [0.05, 0.1) is 10.3 Å². The van der Waals surface area contributed by atoms with Crippen LogP contribution in [0.15, 0.2) is 22.8 Å². The number of furan rings is 1. The molecule has 1 atom stereocenters. The van der Waals surface area contributed by atoms with Crippen LogP contribution < -0.4 is 5.32 Å². The summed E-state index contributed by atoms with van der Waals surface area (Å²) in [5.41, 5.74) is 0. The van der Waals surface area contributed by atoms with Gasteiger partial charge in [-0.1, -0.05) is 22.6 Å². The van der Waals surface area contributed by atoms with E-state index >= 15 is 0 Å². The van der Waals surface area contributed by atoms with Crippen molar-refractivity contribution >= 4 is 28.5 Å². The molecule has 2 heterocycles. The summed E-state index contributed by atoms with van der Waals surface area (Å²) in [6.45, 7) is 2.44. The zero-order valence-corrected chi connectivity index (χ0v) is 9.73. The fourth-order valence-electron chi connectivity index (χ4n) is 1.44. The van der Waals surface area contributed by atoms with Gasteiger partial charge in [-0.25, -0.2) is 0 Å². The number of alkyl halides is 1. The third kappa shape index (κ3) is 1.93. The fourth-order valence-corrected chi connectivity index (χ4v) is 2.28. The van der Waals surface area contributed by atoms with Gasteiger partial charge in [-0.15, -0.1) is 0 Å². The van der Waals surface area contributed by atoms with E-state index in [0.717, 1.165) is 19.6 Å². The van der Waals surface area contributed by atoms with Crippen LogP contribution in [0.25, 0.3) is 0 Å². The van der Waals surface area contributed by atoms with Crippen molar-refractivity contribution in [3.63, 3.8) is 0 Å². The molecule has 14 heavy (non-hydrogen) atoms. The summed E-state index contributed by atoms with van der Waals surface area (Å²) < 4.78 is 5.29. The van der Waals surface area contributed by atoms with Gasteiger partial charge in [-0.2, -0.15) is 0 Å². The van der Waals surface area contributed by atoms with E-state index in [-0.39, 0.29) is 9.96 Å². The topological polar surface area (TPSA) is 45.5 Å². The van der Waals surface area contributed by atoms with E-state index in [1.165, 1.54) is 6.26 Å². The predicted octanol–water partition coefficient (Wildman–Crippen LogP) is 1.09. The van der Waals surface area contributed by atoms with E-state index in [1.54, 1.807) is 12.1 Å². The van der Waals surface area contributed by atoms with Gasteiger partial charge in [0.2, 0.25) is 0 Å². The number of hydrogen-bond donors (Lipinski definition) is 1. The molecule has 0 spiro atoms. The summed E-state index contributed by atoms with van der Waals surface area (Å²) in [6.07, 6.45) is 1.53. The van der Waals surface area contributed by atoms with Crippen molar-refractivity contribution in [3.8, 4) is 0 Å². The molecule has 1 unspecified atom stereocenters. The lowest BCUT2D eigenvalue weighted by Crippen LogP contribution is -2.50. The van der Waals surface area contributed by atoms with Gasteiger partial charge in [0.25, 0.3) is 5.91 Å². The zero-order valence-electron chi connectivity index (χ0n) is 7.57. The summed E-state index contributed by atoms with van der Waals surface area (Å²) >= 11 is 2.26. The average molecular weight is 306 g/mol. The molecule has 0 aromatic carbocycles. The molecule has 5 heteroatoms. The summed E-state index contributed by atoms with van der Waals surface area (Å²) in [4.78, 5) is 13.7. The van der Waals surface area contributed by atoms with Crippen LogP contribution in [0, 0.1) is 0 Å². The van der Waals surface area contributed by atoms with Gasteiger partial charge in [-0.05, 0) is 12.1 Å². The molecule has 0 radical (unpaired) electrons. The van der Waals surface area contributed by atoms with Crippen molar-refractivity contribution in [2.24, 2.45) is 0 Å². The highest BCUT2D eigenvalue weighted by atomic mass is 127. The van der Waals surface area contributed by atoms with E-state index in [2.05, 4.69) is 27.9 Å². The Morgan fingerprint density at radius 3 is 3.21 bits per heavy atom. The first kappa shape index (κ1) is 9.97. The Hall–Kier alpha value is -0.560. The molecule has 1 fully saturated rings. The normalized spacial score (nSPS) is 22.4. The maximum atomic E-state index is 11.9. The number of halogens is 1. The molecule has 2 rings (SSSR count). The number of carbonyl (C=O) groups excluding carboxylic acids is 1. The first-order valence-electron chi connectivity index (χ1n) is 4.48. The smallest absolute Gasteiger partial charge is 0.290 e. The highest BCUT2D eigenvalue weighted by molar-refractivity contribution is 14.1. The van der Waals surface area contributed by atoms with Gasteiger partial charge in [0, 0.05) is 19.6 Å². The Morgan fingerprint density at radius 2 is 2.57 bits per heavy atom. The summed E-state index contributed by atoms with van der Waals surface area (Å²) in [5.74, 6) is 0.407. The van der Waals surface area contributed by atoms with Crippen molar-refractivity contribution in [1.29, 1.82) is 0 Å². The van der Waals surface area contributed by atoms with Crippen LogP contribution in [-0.4, -0.2) is 34.5 Å². The molecule has 1 amide bonds. The largest absolute Gasteiger partial charge is 0.459 e. The third-order valence-corrected chi connectivity index (χ3v) is 3.29. The fraction of sp³-hybridized carbons (Fsp3) is 0.444. The van der Waals surface area contributed by atoms with Crippen LogP contribution in [0.3, 0.4) is 0 Å². The van der Waals surface area contributed by atoms with E-state index in [4.69, 9.17) is 4.42 Å². The third-order valence-electron chi connectivity index (χ3n) is 2.17. The van der Waals surface area contributed by atoms with Crippen LogP contribution in [0.1, 0.15) is 10.6 Å².